The summed E-state index contributed by atoms with van der Waals surface area (Å²) in [6.45, 7) is 4.02. The van der Waals surface area contributed by atoms with Gasteiger partial charge in [0, 0.05) is 11.6 Å². The fraction of sp³-hybridized carbons (Fsp3) is 0.231. The molecule has 0 aliphatic heterocycles. The third kappa shape index (κ3) is 2.26. The minimum atomic E-state index is -0.320. The van der Waals surface area contributed by atoms with E-state index in [1.54, 1.807) is 18.3 Å². The van der Waals surface area contributed by atoms with Crippen LogP contribution in [0.1, 0.15) is 34.1 Å². The Morgan fingerprint density at radius 1 is 1.29 bits per heavy atom. The molecule has 1 aromatic carbocycles. The van der Waals surface area contributed by atoms with Crippen molar-refractivity contribution in [2.24, 2.45) is 0 Å². The summed E-state index contributed by atoms with van der Waals surface area (Å²) in [5, 5.41) is 0.853. The van der Waals surface area contributed by atoms with Gasteiger partial charge in [0.15, 0.2) is 6.29 Å². The molecule has 2 rings (SSSR count). The third-order valence-electron chi connectivity index (χ3n) is 2.74. The number of carbonyl (C=O) groups excluding carboxylic acids is 1. The zero-order valence-corrected chi connectivity index (χ0v) is 10.4. The summed E-state index contributed by atoms with van der Waals surface area (Å²) in [6, 6.07) is 6.37. The molecule has 17 heavy (non-hydrogen) atoms. The van der Waals surface area contributed by atoms with Crippen LogP contribution in [0, 0.1) is 5.82 Å². The lowest BCUT2D eigenvalue weighted by Gasteiger charge is -2.22. The predicted molar refractivity (Wildman–Crippen MR) is 66.0 cm³/mol. The van der Waals surface area contributed by atoms with Gasteiger partial charge in [0.25, 0.3) is 0 Å². The first-order valence-corrected chi connectivity index (χ1v) is 6.03. The smallest absolute Gasteiger partial charge is 0.161 e. The number of hydrogen-bond acceptors (Lipinski definition) is 3. The van der Waals surface area contributed by atoms with Crippen molar-refractivity contribution in [1.29, 1.82) is 0 Å². The van der Waals surface area contributed by atoms with Gasteiger partial charge >= 0.3 is 0 Å². The van der Waals surface area contributed by atoms with Crippen LogP contribution >= 0.6 is 11.3 Å². The first kappa shape index (κ1) is 11.9. The molecule has 0 aliphatic rings. The molecule has 0 amide bonds. The van der Waals surface area contributed by atoms with Gasteiger partial charge in [-0.15, -0.1) is 11.3 Å². The highest BCUT2D eigenvalue weighted by Gasteiger charge is 2.26. The van der Waals surface area contributed by atoms with E-state index in [1.165, 1.54) is 23.5 Å². The van der Waals surface area contributed by atoms with Crippen LogP contribution in [0.2, 0.25) is 0 Å². The van der Waals surface area contributed by atoms with E-state index in [4.69, 9.17) is 0 Å². The Morgan fingerprint density at radius 2 is 1.94 bits per heavy atom. The molecule has 1 heterocycles. The first-order valence-electron chi connectivity index (χ1n) is 5.21. The molecule has 2 aromatic rings. The van der Waals surface area contributed by atoms with Crippen LogP contribution in [-0.2, 0) is 5.41 Å². The van der Waals surface area contributed by atoms with Gasteiger partial charge in [0.05, 0.1) is 4.88 Å². The topological polar surface area (TPSA) is 30.0 Å². The van der Waals surface area contributed by atoms with E-state index in [1.807, 2.05) is 13.8 Å². The maximum absolute atomic E-state index is 12.9. The van der Waals surface area contributed by atoms with Gasteiger partial charge in [-0.3, -0.25) is 4.79 Å². The van der Waals surface area contributed by atoms with Crippen molar-refractivity contribution in [3.63, 3.8) is 0 Å². The van der Waals surface area contributed by atoms with Crippen molar-refractivity contribution in [3.05, 3.63) is 51.7 Å². The standard InChI is InChI=1S/C13H12FNOS/c1-13(2,9-3-5-10(14)6-4-9)12-15-7-11(8-16)17-12/h3-8H,1-2H3. The zero-order chi connectivity index (χ0) is 12.5. The lowest BCUT2D eigenvalue weighted by molar-refractivity contribution is 0.112. The summed E-state index contributed by atoms with van der Waals surface area (Å²) in [5.41, 5.74) is 0.658. The van der Waals surface area contributed by atoms with E-state index in [0.29, 0.717) is 4.88 Å². The quantitative estimate of drug-likeness (QED) is 0.780. The number of aromatic nitrogens is 1. The molecule has 0 saturated carbocycles. The molecule has 0 bridgehead atoms. The van der Waals surface area contributed by atoms with Crippen LogP contribution in [0.3, 0.4) is 0 Å². The molecular weight excluding hydrogens is 237 g/mol. The maximum atomic E-state index is 12.9. The molecule has 0 aliphatic carbocycles. The molecule has 0 spiro atoms. The van der Waals surface area contributed by atoms with Crippen molar-refractivity contribution in [1.82, 2.24) is 4.98 Å². The van der Waals surface area contributed by atoms with Crippen LogP contribution < -0.4 is 0 Å². The Hall–Kier alpha value is -1.55. The van der Waals surface area contributed by atoms with Crippen molar-refractivity contribution in [2.45, 2.75) is 19.3 Å². The number of rotatable bonds is 3. The molecule has 0 saturated heterocycles. The third-order valence-corrected chi connectivity index (χ3v) is 3.99. The van der Waals surface area contributed by atoms with Crippen molar-refractivity contribution < 1.29 is 9.18 Å². The Bertz CT molecular complexity index is 531. The van der Waals surface area contributed by atoms with Crippen LogP contribution in [0.4, 0.5) is 4.39 Å². The Balaban J connectivity index is 2.41. The highest BCUT2D eigenvalue weighted by molar-refractivity contribution is 7.13. The zero-order valence-electron chi connectivity index (χ0n) is 9.61. The fourth-order valence-electron chi connectivity index (χ4n) is 1.62. The van der Waals surface area contributed by atoms with Gasteiger partial charge in [-0.05, 0) is 31.5 Å². The molecule has 0 atom stereocenters. The fourth-order valence-corrected chi connectivity index (χ4v) is 2.48. The van der Waals surface area contributed by atoms with Gasteiger partial charge in [0.1, 0.15) is 10.8 Å². The summed E-state index contributed by atoms with van der Waals surface area (Å²) >= 11 is 1.37. The lowest BCUT2D eigenvalue weighted by atomic mass is 9.85. The molecule has 0 fully saturated rings. The second kappa shape index (κ2) is 4.37. The van der Waals surface area contributed by atoms with E-state index in [0.717, 1.165) is 16.9 Å². The number of halogens is 1. The average molecular weight is 249 g/mol. The number of hydrogen-bond donors (Lipinski definition) is 0. The molecule has 0 N–H and O–H groups in total. The van der Waals surface area contributed by atoms with Crippen LogP contribution in [0.15, 0.2) is 30.5 Å². The minimum Gasteiger partial charge on any atom is -0.297 e. The lowest BCUT2D eigenvalue weighted by Crippen LogP contribution is -2.18. The number of aldehydes is 1. The van der Waals surface area contributed by atoms with Gasteiger partial charge in [-0.25, -0.2) is 9.37 Å². The monoisotopic (exact) mass is 249 g/mol. The molecule has 1 aromatic heterocycles. The number of carbonyl (C=O) groups is 1. The van der Waals surface area contributed by atoms with E-state index in [9.17, 15) is 9.18 Å². The molecule has 2 nitrogen and oxygen atoms in total. The maximum Gasteiger partial charge on any atom is 0.161 e. The van der Waals surface area contributed by atoms with Crippen molar-refractivity contribution in [2.75, 3.05) is 0 Å². The second-order valence-electron chi connectivity index (χ2n) is 4.32. The first-order chi connectivity index (χ1) is 8.04. The predicted octanol–water partition coefficient (Wildman–Crippen LogP) is 3.42. The number of thiazole rings is 1. The minimum absolute atomic E-state index is 0.253. The van der Waals surface area contributed by atoms with Crippen LogP contribution in [0.5, 0.6) is 0 Å². The van der Waals surface area contributed by atoms with Gasteiger partial charge < -0.3 is 0 Å². The highest BCUT2D eigenvalue weighted by Crippen LogP contribution is 2.33. The largest absolute Gasteiger partial charge is 0.297 e. The summed E-state index contributed by atoms with van der Waals surface area (Å²) in [6.07, 6.45) is 2.36. The van der Waals surface area contributed by atoms with Crippen LogP contribution in [0.25, 0.3) is 0 Å². The Labute approximate surface area is 103 Å². The van der Waals surface area contributed by atoms with Crippen molar-refractivity contribution in [3.8, 4) is 0 Å². The number of nitrogens with zero attached hydrogens (tertiary/aromatic N) is 1. The van der Waals surface area contributed by atoms with E-state index >= 15 is 0 Å². The average Bonchev–Trinajstić information content (AvgIpc) is 2.78. The number of benzene rings is 1. The Kier molecular flexibility index (Phi) is 3.07. The van der Waals surface area contributed by atoms with Crippen molar-refractivity contribution >= 4 is 17.6 Å². The summed E-state index contributed by atoms with van der Waals surface area (Å²) in [4.78, 5) is 15.5. The van der Waals surface area contributed by atoms with E-state index < -0.39 is 0 Å². The molecule has 88 valence electrons. The molecule has 4 heteroatoms. The highest BCUT2D eigenvalue weighted by atomic mass is 32.1. The molecule has 0 radical (unpaired) electrons. The molecular formula is C13H12FNOS. The normalized spacial score (nSPS) is 11.5. The summed E-state index contributed by atoms with van der Waals surface area (Å²) < 4.78 is 12.9. The summed E-state index contributed by atoms with van der Waals surface area (Å²) in [5.74, 6) is -0.253. The van der Waals surface area contributed by atoms with Gasteiger partial charge in [-0.2, -0.15) is 0 Å². The van der Waals surface area contributed by atoms with E-state index in [-0.39, 0.29) is 11.2 Å². The summed E-state index contributed by atoms with van der Waals surface area (Å²) in [7, 11) is 0. The Morgan fingerprint density at radius 3 is 2.47 bits per heavy atom. The second-order valence-corrected chi connectivity index (χ2v) is 5.38. The van der Waals surface area contributed by atoms with Gasteiger partial charge in [0.2, 0.25) is 0 Å². The SMILES string of the molecule is CC(C)(c1ccc(F)cc1)c1ncc(C=O)s1. The van der Waals surface area contributed by atoms with Gasteiger partial charge in [-0.1, -0.05) is 12.1 Å². The molecule has 0 unspecified atom stereocenters. The van der Waals surface area contributed by atoms with E-state index in [2.05, 4.69) is 4.98 Å². The van der Waals surface area contributed by atoms with Crippen LogP contribution in [-0.4, -0.2) is 11.3 Å².